The summed E-state index contributed by atoms with van der Waals surface area (Å²) < 4.78 is 22.8. The standard InChI is InChI=1S/C27H29O5.CH4.U/c1-5-24(19-31-20(2)28)32-27(21-9-7-6-8-10-21,22-11-15-25(29-3)16-12-22)23-13-17-26(30-4)18-14-23;;/h6-19,24H,5H2,1-4H3;1H4;/q-1;;. The monoisotopic (exact) mass is 687 g/mol. The first-order valence-corrected chi connectivity index (χ1v) is 10.6. The zero-order valence-corrected chi connectivity index (χ0v) is 23.6. The summed E-state index contributed by atoms with van der Waals surface area (Å²) in [7, 11) is 3.28. The Morgan fingerprint density at radius 3 is 1.65 bits per heavy atom. The van der Waals surface area contributed by atoms with Crippen molar-refractivity contribution in [1.29, 1.82) is 0 Å². The largest absolute Gasteiger partial charge is 0.635 e. The van der Waals surface area contributed by atoms with Crippen LogP contribution in [0.2, 0.25) is 0 Å². The van der Waals surface area contributed by atoms with Gasteiger partial charge in [-0.1, -0.05) is 75.4 Å². The minimum atomic E-state index is -0.961. The fourth-order valence-corrected chi connectivity index (χ4v) is 3.63. The van der Waals surface area contributed by atoms with Gasteiger partial charge < -0.3 is 18.9 Å². The van der Waals surface area contributed by atoms with Crippen LogP contribution in [0.4, 0.5) is 0 Å². The molecular weight excluding hydrogens is 654 g/mol. The molecule has 0 N–H and O–H groups in total. The van der Waals surface area contributed by atoms with E-state index in [1.807, 2.05) is 85.8 Å². The molecule has 34 heavy (non-hydrogen) atoms. The summed E-state index contributed by atoms with van der Waals surface area (Å²) >= 11 is 0. The van der Waals surface area contributed by atoms with Crippen LogP contribution in [0.1, 0.15) is 44.4 Å². The summed E-state index contributed by atoms with van der Waals surface area (Å²) in [6.45, 7) is 4.83. The molecule has 1 atom stereocenters. The SMILES string of the molecule is C.CCC([CH-]OC(C)=O)OC(c1ccccc1)(c1ccc(OC)cc1)c1ccc(OC)cc1.[U]. The van der Waals surface area contributed by atoms with E-state index < -0.39 is 11.7 Å². The molecule has 0 spiro atoms. The Labute approximate surface area is 227 Å². The molecule has 0 amide bonds. The third kappa shape index (κ3) is 6.88. The predicted octanol–water partition coefficient (Wildman–Crippen LogP) is 6.15. The van der Waals surface area contributed by atoms with E-state index in [4.69, 9.17) is 18.9 Å². The summed E-state index contributed by atoms with van der Waals surface area (Å²) in [6, 6.07) is 25.6. The van der Waals surface area contributed by atoms with Crippen LogP contribution in [0.3, 0.4) is 0 Å². The number of ether oxygens (including phenoxy) is 4. The quantitative estimate of drug-likeness (QED) is 0.146. The molecule has 180 valence electrons. The Morgan fingerprint density at radius 2 is 1.26 bits per heavy atom. The molecule has 3 aromatic rings. The van der Waals surface area contributed by atoms with Gasteiger partial charge in [0, 0.05) is 38.0 Å². The maximum absolute atomic E-state index is 11.4. The van der Waals surface area contributed by atoms with Crippen LogP contribution in [0.15, 0.2) is 78.9 Å². The number of hydrogen-bond donors (Lipinski definition) is 0. The maximum Gasteiger partial charge on any atom is 0.271 e. The van der Waals surface area contributed by atoms with Crippen molar-refractivity contribution in [3.8, 4) is 11.5 Å². The zero-order chi connectivity index (χ0) is 23.0. The molecule has 0 bridgehead atoms. The molecular formula is C28H33O5U-. The van der Waals surface area contributed by atoms with E-state index in [1.54, 1.807) is 14.2 Å². The molecule has 3 rings (SSSR count). The van der Waals surface area contributed by atoms with Gasteiger partial charge >= 0.3 is 0 Å². The van der Waals surface area contributed by atoms with Crippen LogP contribution in [-0.4, -0.2) is 26.3 Å². The summed E-state index contributed by atoms with van der Waals surface area (Å²) in [5, 5.41) is 0. The number of carbonyl (C=O) groups excluding carboxylic acids is 1. The fraction of sp³-hybridized carbons (Fsp3) is 0.286. The van der Waals surface area contributed by atoms with Crippen LogP contribution < -0.4 is 9.47 Å². The van der Waals surface area contributed by atoms with Crippen LogP contribution >= 0.6 is 0 Å². The van der Waals surface area contributed by atoms with Gasteiger partial charge in [-0.3, -0.25) is 4.79 Å². The molecule has 0 aromatic heterocycles. The summed E-state index contributed by atoms with van der Waals surface area (Å²) in [5.74, 6) is 1.12. The van der Waals surface area contributed by atoms with E-state index in [-0.39, 0.29) is 44.5 Å². The van der Waals surface area contributed by atoms with Gasteiger partial charge in [-0.05, 0) is 47.1 Å². The van der Waals surface area contributed by atoms with Crippen molar-refractivity contribution in [2.75, 3.05) is 14.2 Å². The van der Waals surface area contributed by atoms with Gasteiger partial charge in [0.25, 0.3) is 5.97 Å². The smallest absolute Gasteiger partial charge is 0.271 e. The van der Waals surface area contributed by atoms with Crippen LogP contribution in [0, 0.1) is 37.7 Å². The second kappa shape index (κ2) is 14.2. The molecule has 0 radical (unpaired) electrons. The van der Waals surface area contributed by atoms with Crippen molar-refractivity contribution >= 4 is 5.97 Å². The molecule has 0 heterocycles. The third-order valence-corrected chi connectivity index (χ3v) is 5.29. The van der Waals surface area contributed by atoms with Crippen molar-refractivity contribution in [1.82, 2.24) is 0 Å². The second-order valence-electron chi connectivity index (χ2n) is 7.31. The minimum Gasteiger partial charge on any atom is -0.635 e. The molecule has 0 aliphatic rings. The van der Waals surface area contributed by atoms with Crippen LogP contribution in [0.5, 0.6) is 11.5 Å². The summed E-state index contributed by atoms with van der Waals surface area (Å²) in [6.07, 6.45) is 0.178. The van der Waals surface area contributed by atoms with E-state index in [2.05, 4.69) is 0 Å². The van der Waals surface area contributed by atoms with Gasteiger partial charge in [0.1, 0.15) is 17.1 Å². The van der Waals surface area contributed by atoms with Gasteiger partial charge in [-0.25, -0.2) is 0 Å². The molecule has 0 saturated heterocycles. The average molecular weight is 688 g/mol. The van der Waals surface area contributed by atoms with Gasteiger partial charge in [0.05, 0.1) is 14.2 Å². The first-order valence-electron chi connectivity index (χ1n) is 10.6. The van der Waals surface area contributed by atoms with E-state index in [1.165, 1.54) is 13.5 Å². The number of benzene rings is 3. The number of hydrogen-bond acceptors (Lipinski definition) is 5. The van der Waals surface area contributed by atoms with Crippen molar-refractivity contribution in [2.24, 2.45) is 0 Å². The Bertz CT molecular complexity index is 940. The van der Waals surface area contributed by atoms with Crippen molar-refractivity contribution in [3.05, 3.63) is 102 Å². The molecule has 0 aliphatic heterocycles. The molecule has 3 aromatic carbocycles. The molecule has 5 nitrogen and oxygen atoms in total. The molecule has 0 fully saturated rings. The van der Waals surface area contributed by atoms with Crippen molar-refractivity contribution in [3.63, 3.8) is 0 Å². The number of methoxy groups -OCH3 is 2. The Hall–Kier alpha value is -2.26. The normalized spacial score (nSPS) is 11.4. The van der Waals surface area contributed by atoms with Crippen LogP contribution in [-0.2, 0) is 19.9 Å². The molecule has 6 heteroatoms. The molecule has 1 unspecified atom stereocenters. The average Bonchev–Trinajstić information content (AvgIpc) is 2.85. The molecule has 0 saturated carbocycles. The third-order valence-electron chi connectivity index (χ3n) is 5.29. The predicted molar refractivity (Wildman–Crippen MR) is 130 cm³/mol. The fourth-order valence-electron chi connectivity index (χ4n) is 3.63. The number of carbonyl (C=O) groups is 1. The maximum atomic E-state index is 11.4. The number of esters is 1. The Morgan fingerprint density at radius 1 is 0.824 bits per heavy atom. The van der Waals surface area contributed by atoms with E-state index in [0.717, 1.165) is 28.2 Å². The van der Waals surface area contributed by atoms with Gasteiger partial charge in [0.15, 0.2) is 0 Å². The van der Waals surface area contributed by atoms with E-state index in [9.17, 15) is 4.79 Å². The first-order chi connectivity index (χ1) is 15.5. The minimum absolute atomic E-state index is 0. The summed E-state index contributed by atoms with van der Waals surface area (Å²) in [5.41, 5.74) is 1.83. The van der Waals surface area contributed by atoms with Crippen molar-refractivity contribution in [2.45, 2.75) is 39.4 Å². The second-order valence-corrected chi connectivity index (χ2v) is 7.31. The van der Waals surface area contributed by atoms with E-state index in [0.29, 0.717) is 6.42 Å². The van der Waals surface area contributed by atoms with Gasteiger partial charge in [0.2, 0.25) is 0 Å². The van der Waals surface area contributed by atoms with Gasteiger partial charge in [-0.2, -0.15) is 0 Å². The zero-order valence-electron chi connectivity index (χ0n) is 19.4. The van der Waals surface area contributed by atoms with Gasteiger partial charge in [-0.15, -0.1) is 6.61 Å². The molecule has 0 aliphatic carbocycles. The topological polar surface area (TPSA) is 54.0 Å². The first kappa shape index (κ1) is 29.8. The van der Waals surface area contributed by atoms with Crippen LogP contribution in [0.25, 0.3) is 0 Å². The summed E-state index contributed by atoms with van der Waals surface area (Å²) in [4.78, 5) is 11.4. The van der Waals surface area contributed by atoms with Crippen molar-refractivity contribution < 1.29 is 54.9 Å². The number of rotatable bonds is 10. The Balaban J connectivity index is 0.00000289. The van der Waals surface area contributed by atoms with E-state index >= 15 is 0 Å². The Kier molecular flexibility index (Phi) is 12.4.